The van der Waals surface area contributed by atoms with Gasteiger partial charge in [0.25, 0.3) is 0 Å². The van der Waals surface area contributed by atoms with Crippen molar-refractivity contribution in [1.82, 2.24) is 0 Å². The van der Waals surface area contributed by atoms with E-state index in [0.29, 0.717) is 22.1 Å². The summed E-state index contributed by atoms with van der Waals surface area (Å²) in [6.07, 6.45) is -0.685. The molecule has 0 fully saturated rings. The Morgan fingerprint density at radius 2 is 1.94 bits per heavy atom. The summed E-state index contributed by atoms with van der Waals surface area (Å²) >= 11 is 6.14. The average Bonchev–Trinajstić information content (AvgIpc) is 2.27. The molecule has 0 saturated carbocycles. The highest BCUT2D eigenvalue weighted by Gasteiger charge is 2.20. The van der Waals surface area contributed by atoms with Crippen molar-refractivity contribution < 1.29 is 14.6 Å². The van der Waals surface area contributed by atoms with Crippen molar-refractivity contribution in [3.8, 4) is 11.5 Å². The molecule has 0 aliphatic rings. The molecular formula is C11H16ClNO3. The Bertz CT molecular complexity index is 368. The van der Waals surface area contributed by atoms with Crippen molar-refractivity contribution in [2.45, 2.75) is 19.1 Å². The van der Waals surface area contributed by atoms with E-state index in [2.05, 4.69) is 0 Å². The summed E-state index contributed by atoms with van der Waals surface area (Å²) in [5, 5.41) is 9.80. The lowest BCUT2D eigenvalue weighted by atomic mass is 10.0. The topological polar surface area (TPSA) is 64.7 Å². The molecule has 1 aromatic carbocycles. The number of ether oxygens (including phenoxy) is 2. The number of aliphatic hydroxyl groups excluding tert-OH is 1. The number of hydrogen-bond donors (Lipinski definition) is 2. The Morgan fingerprint density at radius 1 is 1.31 bits per heavy atom. The molecule has 90 valence electrons. The molecule has 0 saturated heterocycles. The summed E-state index contributed by atoms with van der Waals surface area (Å²) in [4.78, 5) is 0. The van der Waals surface area contributed by atoms with Crippen LogP contribution in [0.5, 0.6) is 11.5 Å². The minimum Gasteiger partial charge on any atom is -0.493 e. The molecule has 0 unspecified atom stereocenters. The first-order valence-electron chi connectivity index (χ1n) is 4.87. The normalized spacial score (nSPS) is 14.4. The lowest BCUT2D eigenvalue weighted by molar-refractivity contribution is 0.164. The highest BCUT2D eigenvalue weighted by molar-refractivity contribution is 6.33. The van der Waals surface area contributed by atoms with Crippen molar-refractivity contribution in [2.24, 2.45) is 5.73 Å². The van der Waals surface area contributed by atoms with Gasteiger partial charge < -0.3 is 20.3 Å². The molecule has 2 atom stereocenters. The average molecular weight is 246 g/mol. The lowest BCUT2D eigenvalue weighted by Gasteiger charge is -2.19. The third-order valence-corrected chi connectivity index (χ3v) is 2.78. The Morgan fingerprint density at radius 3 is 2.38 bits per heavy atom. The van der Waals surface area contributed by atoms with Crippen molar-refractivity contribution in [3.63, 3.8) is 0 Å². The van der Waals surface area contributed by atoms with Crippen LogP contribution in [-0.2, 0) is 0 Å². The maximum Gasteiger partial charge on any atom is 0.179 e. The SMILES string of the molecule is COc1ccc([C@@H](N)[C@H](C)O)c(Cl)c1OC. The van der Waals surface area contributed by atoms with Gasteiger partial charge in [-0.25, -0.2) is 0 Å². The van der Waals surface area contributed by atoms with Gasteiger partial charge in [-0.05, 0) is 18.6 Å². The van der Waals surface area contributed by atoms with Gasteiger partial charge in [0.1, 0.15) is 0 Å². The van der Waals surface area contributed by atoms with Crippen LogP contribution in [0.4, 0.5) is 0 Å². The lowest BCUT2D eigenvalue weighted by Crippen LogP contribution is -2.23. The molecule has 1 rings (SSSR count). The zero-order valence-corrected chi connectivity index (χ0v) is 10.3. The van der Waals surface area contributed by atoms with E-state index in [1.165, 1.54) is 14.2 Å². The molecule has 0 aromatic heterocycles. The molecule has 1 aromatic rings. The smallest absolute Gasteiger partial charge is 0.179 e. The van der Waals surface area contributed by atoms with E-state index in [1.54, 1.807) is 19.1 Å². The number of aliphatic hydroxyl groups is 1. The largest absolute Gasteiger partial charge is 0.493 e. The number of halogens is 1. The van der Waals surface area contributed by atoms with Gasteiger partial charge in [-0.15, -0.1) is 0 Å². The molecule has 3 N–H and O–H groups in total. The second-order valence-electron chi connectivity index (χ2n) is 3.47. The molecule has 0 aliphatic heterocycles. The van der Waals surface area contributed by atoms with Crippen LogP contribution < -0.4 is 15.2 Å². The molecule has 0 spiro atoms. The van der Waals surface area contributed by atoms with Gasteiger partial charge in [-0.2, -0.15) is 0 Å². The monoisotopic (exact) mass is 245 g/mol. The van der Waals surface area contributed by atoms with E-state index >= 15 is 0 Å². The quantitative estimate of drug-likeness (QED) is 0.848. The van der Waals surface area contributed by atoms with Gasteiger partial charge in [0.05, 0.1) is 31.4 Å². The Hall–Kier alpha value is -0.970. The van der Waals surface area contributed by atoms with Gasteiger partial charge >= 0.3 is 0 Å². The number of benzene rings is 1. The van der Waals surface area contributed by atoms with Crippen molar-refractivity contribution in [1.29, 1.82) is 0 Å². The summed E-state index contributed by atoms with van der Waals surface area (Å²) in [6, 6.07) is 2.89. The Balaban J connectivity index is 3.23. The second kappa shape index (κ2) is 5.39. The van der Waals surface area contributed by atoms with Gasteiger partial charge in [0.15, 0.2) is 11.5 Å². The maximum atomic E-state index is 9.43. The molecule has 16 heavy (non-hydrogen) atoms. The molecule has 0 aliphatic carbocycles. The van der Waals surface area contributed by atoms with Gasteiger partial charge in [0, 0.05) is 0 Å². The minimum absolute atomic E-state index is 0.371. The predicted molar refractivity (Wildman–Crippen MR) is 63.2 cm³/mol. The Kier molecular flexibility index (Phi) is 4.41. The molecule has 0 heterocycles. The first-order valence-corrected chi connectivity index (χ1v) is 5.24. The van der Waals surface area contributed by atoms with Crippen LogP contribution in [0.15, 0.2) is 12.1 Å². The second-order valence-corrected chi connectivity index (χ2v) is 3.85. The summed E-state index contributed by atoms with van der Waals surface area (Å²) in [5.41, 5.74) is 6.46. The number of hydrogen-bond acceptors (Lipinski definition) is 4. The van der Waals surface area contributed by atoms with E-state index in [0.717, 1.165) is 0 Å². The van der Waals surface area contributed by atoms with Crippen molar-refractivity contribution >= 4 is 11.6 Å². The number of methoxy groups -OCH3 is 2. The predicted octanol–water partition coefficient (Wildman–Crippen LogP) is 1.74. The molecular weight excluding hydrogens is 230 g/mol. The maximum absolute atomic E-state index is 9.43. The van der Waals surface area contributed by atoms with E-state index in [9.17, 15) is 5.11 Å². The van der Waals surface area contributed by atoms with Crippen LogP contribution in [0.25, 0.3) is 0 Å². The highest BCUT2D eigenvalue weighted by Crippen LogP contribution is 2.39. The van der Waals surface area contributed by atoms with Crippen LogP contribution >= 0.6 is 11.6 Å². The number of nitrogens with two attached hydrogens (primary N) is 1. The van der Waals surface area contributed by atoms with Gasteiger partial charge in [-0.1, -0.05) is 17.7 Å². The summed E-state index contributed by atoms with van der Waals surface area (Å²) in [7, 11) is 3.03. The summed E-state index contributed by atoms with van der Waals surface area (Å²) in [5.74, 6) is 0.965. The summed E-state index contributed by atoms with van der Waals surface area (Å²) in [6.45, 7) is 1.61. The van der Waals surface area contributed by atoms with Crippen molar-refractivity contribution in [3.05, 3.63) is 22.7 Å². The highest BCUT2D eigenvalue weighted by atomic mass is 35.5. The van der Waals surface area contributed by atoms with Gasteiger partial charge in [-0.3, -0.25) is 0 Å². The van der Waals surface area contributed by atoms with Gasteiger partial charge in [0.2, 0.25) is 0 Å². The third kappa shape index (κ3) is 2.40. The fourth-order valence-electron chi connectivity index (χ4n) is 1.42. The van der Waals surface area contributed by atoms with E-state index in [4.69, 9.17) is 26.8 Å². The van der Waals surface area contributed by atoms with Crippen LogP contribution in [0.3, 0.4) is 0 Å². The molecule has 0 radical (unpaired) electrons. The number of rotatable bonds is 4. The van der Waals surface area contributed by atoms with Crippen LogP contribution in [0.1, 0.15) is 18.5 Å². The van der Waals surface area contributed by atoms with Crippen molar-refractivity contribution in [2.75, 3.05) is 14.2 Å². The first kappa shape index (κ1) is 13.1. The van der Waals surface area contributed by atoms with E-state index < -0.39 is 12.1 Å². The van der Waals surface area contributed by atoms with Crippen LogP contribution in [-0.4, -0.2) is 25.4 Å². The first-order chi connectivity index (χ1) is 7.52. The fourth-order valence-corrected chi connectivity index (χ4v) is 1.78. The molecule has 0 amide bonds. The minimum atomic E-state index is -0.685. The molecule has 0 bridgehead atoms. The van der Waals surface area contributed by atoms with E-state index in [1.807, 2.05) is 0 Å². The van der Waals surface area contributed by atoms with E-state index in [-0.39, 0.29) is 0 Å². The van der Waals surface area contributed by atoms with Crippen LogP contribution in [0, 0.1) is 0 Å². The summed E-state index contributed by atoms with van der Waals surface area (Å²) < 4.78 is 10.2. The fraction of sp³-hybridized carbons (Fsp3) is 0.455. The van der Waals surface area contributed by atoms with Crippen LogP contribution in [0.2, 0.25) is 5.02 Å². The molecule has 4 nitrogen and oxygen atoms in total. The molecule has 5 heteroatoms. The zero-order chi connectivity index (χ0) is 12.3. The standard InChI is InChI=1S/C11H16ClNO3/c1-6(14)10(13)7-4-5-8(15-2)11(16-3)9(7)12/h4-6,10,14H,13H2,1-3H3/t6-,10-/m0/s1. The third-order valence-electron chi connectivity index (χ3n) is 2.39. The Labute approximate surface area is 99.9 Å². The zero-order valence-electron chi connectivity index (χ0n) is 9.53.